The van der Waals surface area contributed by atoms with Crippen LogP contribution >= 0.6 is 21.6 Å². The lowest BCUT2D eigenvalue weighted by atomic mass is 10.1. The van der Waals surface area contributed by atoms with E-state index in [2.05, 4.69) is 31.6 Å². The van der Waals surface area contributed by atoms with Crippen LogP contribution < -0.4 is 55.0 Å². The number of aromatic amines is 1. The maximum absolute atomic E-state index is 13.8. The number of hydrogen-bond acceptors (Lipinski definition) is 16. The van der Waals surface area contributed by atoms with Crippen molar-refractivity contribution in [2.45, 2.75) is 81.1 Å². The molecule has 28 heteroatoms. The molecule has 0 bridgehead atoms. The van der Waals surface area contributed by atoms with Crippen molar-refractivity contribution in [3.05, 3.63) is 32.9 Å². The number of amides is 6. The minimum absolute atomic E-state index is 0.0440. The molecular weight excluding hydrogens is 834 g/mol. The molecule has 1 aromatic rings. The fraction of sp³-hybridized carbons (Fsp3) is 0.581. The summed E-state index contributed by atoms with van der Waals surface area (Å²) in [6.07, 6.45) is -4.99. The Kier molecular flexibility index (Phi) is 18.6. The first-order chi connectivity index (χ1) is 27.9. The van der Waals surface area contributed by atoms with E-state index in [0.717, 1.165) is 21.6 Å². The monoisotopic (exact) mass is 877 g/mol. The number of esters is 1. The van der Waals surface area contributed by atoms with E-state index in [1.807, 2.05) is 0 Å². The average molecular weight is 878 g/mol. The van der Waals surface area contributed by atoms with Crippen LogP contribution in [-0.4, -0.2) is 141 Å². The number of guanidine groups is 1. The van der Waals surface area contributed by atoms with Gasteiger partial charge in [-0.1, -0.05) is 21.6 Å². The first kappa shape index (κ1) is 47.6. The minimum atomic E-state index is -1.65. The third-order valence-electron chi connectivity index (χ3n) is 8.31. The molecule has 3 heterocycles. The number of nitrogens with zero attached hydrogens (tertiary/aromatic N) is 2. The van der Waals surface area contributed by atoms with Gasteiger partial charge >= 0.3 is 17.6 Å². The number of ether oxygens (including phenoxy) is 2. The number of rotatable bonds is 14. The molecule has 0 unspecified atom stereocenters. The van der Waals surface area contributed by atoms with Crippen LogP contribution in [0.15, 0.2) is 20.8 Å². The second kappa shape index (κ2) is 23.0. The summed E-state index contributed by atoms with van der Waals surface area (Å²) >= 11 is 0. The maximum atomic E-state index is 13.8. The van der Waals surface area contributed by atoms with Gasteiger partial charge in [-0.15, -0.1) is 0 Å². The van der Waals surface area contributed by atoms with Crippen LogP contribution in [0.3, 0.4) is 0 Å². The highest BCUT2D eigenvalue weighted by Crippen LogP contribution is 2.30. The molecule has 0 spiro atoms. The van der Waals surface area contributed by atoms with Crippen LogP contribution in [0.5, 0.6) is 0 Å². The molecule has 326 valence electrons. The molecule has 0 aromatic carbocycles. The molecule has 1 aromatic heterocycles. The zero-order valence-corrected chi connectivity index (χ0v) is 32.6. The van der Waals surface area contributed by atoms with Crippen molar-refractivity contribution < 1.29 is 62.4 Å². The second-order valence-corrected chi connectivity index (χ2v) is 15.4. The molecule has 2 saturated heterocycles. The van der Waals surface area contributed by atoms with E-state index in [4.69, 9.17) is 26.7 Å². The Hall–Kier alpha value is -5.74. The van der Waals surface area contributed by atoms with Gasteiger partial charge in [-0.05, 0) is 12.8 Å². The summed E-state index contributed by atoms with van der Waals surface area (Å²) in [6, 6.07) is -5.92. The first-order valence-corrected chi connectivity index (χ1v) is 20.1. The maximum Gasteiger partial charge on any atom is 0.330 e. The van der Waals surface area contributed by atoms with E-state index in [0.29, 0.717) is 10.8 Å². The van der Waals surface area contributed by atoms with Crippen LogP contribution in [0.4, 0.5) is 4.39 Å². The number of carboxylic acids is 1. The van der Waals surface area contributed by atoms with Gasteiger partial charge in [-0.2, -0.15) is 4.39 Å². The highest BCUT2D eigenvalue weighted by Gasteiger charge is 2.39. The fourth-order valence-corrected chi connectivity index (χ4v) is 7.72. The van der Waals surface area contributed by atoms with Crippen LogP contribution in [-0.2, 0) is 47.8 Å². The molecule has 2 aliphatic heterocycles. The van der Waals surface area contributed by atoms with Crippen LogP contribution in [0, 0.1) is 5.82 Å². The zero-order valence-electron chi connectivity index (χ0n) is 31.0. The van der Waals surface area contributed by atoms with Gasteiger partial charge in [-0.25, -0.2) is 9.59 Å². The summed E-state index contributed by atoms with van der Waals surface area (Å²) in [4.78, 5) is 131. The summed E-state index contributed by atoms with van der Waals surface area (Å²) in [5.41, 5.74) is 13.6. The summed E-state index contributed by atoms with van der Waals surface area (Å²) < 4.78 is 25.4. The van der Waals surface area contributed by atoms with E-state index in [1.54, 1.807) is 4.98 Å². The molecule has 0 saturated carbocycles. The van der Waals surface area contributed by atoms with Crippen LogP contribution in [0.2, 0.25) is 0 Å². The molecule has 6 amide bonds. The van der Waals surface area contributed by atoms with Gasteiger partial charge < -0.3 is 63.5 Å². The Morgan fingerprint density at radius 3 is 2.36 bits per heavy atom. The van der Waals surface area contributed by atoms with Crippen molar-refractivity contribution in [1.82, 2.24) is 36.1 Å². The number of aliphatic imine (C=N–C) groups is 1. The van der Waals surface area contributed by atoms with E-state index in [9.17, 15) is 62.5 Å². The standard InChI is InChI=1S/C31H44FN11O14S2/c32-13-9-43(31(55)42-25(13)49)23-7-18(19(10-44)56-23)57-24(48)4-3-21(46)39-16-11-58-59-12-17(29(53)54)41-27(51)14(2-1-5-36-30(34)35)38-22(47)8-37-26(50)15(6-20(33)45)40-28(16)52/h9,14-19,23,44H,1-8,10-12H2,(H2,33,45)(H,37,50)(H,38,47)(H,39,46)(H,40,52)(H,41,51)(H,53,54)(H4,34,35,36)(H,42,49,55)/t14-,15-,16+,17+,18-,19+,23+/m0/s1. The quantitative estimate of drug-likeness (QED) is 0.0272. The number of hydrogen-bond donors (Lipinski definition) is 11. The van der Waals surface area contributed by atoms with E-state index in [-0.39, 0.29) is 43.3 Å². The Balaban J connectivity index is 1.71. The van der Waals surface area contributed by atoms with Crippen molar-refractivity contribution in [2.75, 3.05) is 31.2 Å². The van der Waals surface area contributed by atoms with E-state index >= 15 is 0 Å². The van der Waals surface area contributed by atoms with Crippen molar-refractivity contribution in [3.8, 4) is 0 Å². The van der Waals surface area contributed by atoms with Crippen molar-refractivity contribution in [1.29, 1.82) is 0 Å². The highest BCUT2D eigenvalue weighted by atomic mass is 33.1. The third kappa shape index (κ3) is 15.5. The van der Waals surface area contributed by atoms with Gasteiger partial charge in [0.05, 0.1) is 32.2 Å². The number of aliphatic hydroxyl groups excluding tert-OH is 1. The topological polar surface area (TPSA) is 401 Å². The van der Waals surface area contributed by atoms with Gasteiger partial charge in [0.1, 0.15) is 42.6 Å². The average Bonchev–Trinajstić information content (AvgIpc) is 3.57. The Labute approximate surface area is 340 Å². The molecule has 25 nitrogen and oxygen atoms in total. The summed E-state index contributed by atoms with van der Waals surface area (Å²) in [5.74, 6) is -10.2. The number of carbonyl (C=O) groups is 8. The number of carboxylic acid groups (broad SMARTS) is 1. The Morgan fingerprint density at radius 1 is 0.983 bits per heavy atom. The summed E-state index contributed by atoms with van der Waals surface area (Å²) in [6.45, 7) is -1.38. The van der Waals surface area contributed by atoms with Gasteiger partial charge in [0.25, 0.3) is 5.56 Å². The zero-order chi connectivity index (χ0) is 43.8. The van der Waals surface area contributed by atoms with Gasteiger partial charge in [0.15, 0.2) is 5.96 Å². The number of nitrogens with one attached hydrogen (secondary N) is 6. The molecule has 7 atom stereocenters. The molecular formula is C31H44FN11O14S2. The Morgan fingerprint density at radius 2 is 1.69 bits per heavy atom. The summed E-state index contributed by atoms with van der Waals surface area (Å²) in [5, 5.41) is 31.1. The van der Waals surface area contributed by atoms with Crippen molar-refractivity contribution in [3.63, 3.8) is 0 Å². The molecule has 2 aliphatic rings. The number of H-pyrrole nitrogens is 1. The number of carbonyl (C=O) groups excluding carboxylic acids is 7. The van der Waals surface area contributed by atoms with Crippen LogP contribution in [0.1, 0.15) is 44.8 Å². The molecule has 0 aliphatic carbocycles. The molecule has 59 heavy (non-hydrogen) atoms. The van der Waals surface area contributed by atoms with E-state index in [1.165, 1.54) is 0 Å². The van der Waals surface area contributed by atoms with Gasteiger partial charge in [-0.3, -0.25) is 52.9 Å². The minimum Gasteiger partial charge on any atom is -0.480 e. The number of nitrogens with two attached hydrogens (primary N) is 3. The van der Waals surface area contributed by atoms with E-state index < -0.39 is 139 Å². The lowest BCUT2D eigenvalue weighted by molar-refractivity contribution is -0.154. The SMILES string of the molecule is NC(=O)C[C@@H]1NC(=O)[C@H](NC(=O)CCC(=O)O[C@H]2C[C@H](n3cc(F)c(=O)[nH]c3=O)O[C@@H]2CO)CSSC[C@H](C(=O)O)NC(=O)[C@H](CCCN=C(N)N)NC(=O)CNC1=O. The molecule has 14 N–H and O–H groups in total. The number of aliphatic carboxylic acids is 1. The molecule has 3 rings (SSSR count). The predicted octanol–water partition coefficient (Wildman–Crippen LogP) is -5.89. The summed E-state index contributed by atoms with van der Waals surface area (Å²) in [7, 11) is 1.76. The molecule has 0 radical (unpaired) electrons. The van der Waals surface area contributed by atoms with Crippen LogP contribution in [0.25, 0.3) is 0 Å². The lowest BCUT2D eigenvalue weighted by Gasteiger charge is -2.22. The number of primary amides is 1. The fourth-order valence-electron chi connectivity index (χ4n) is 5.40. The van der Waals surface area contributed by atoms with Crippen molar-refractivity contribution >= 4 is 74.9 Å². The third-order valence-corrected chi connectivity index (χ3v) is 10.7. The first-order valence-electron chi connectivity index (χ1n) is 17.6. The second-order valence-electron chi connectivity index (χ2n) is 12.8. The normalized spacial score (nSPS) is 24.6. The smallest absolute Gasteiger partial charge is 0.330 e. The number of halogens is 1. The predicted molar refractivity (Wildman–Crippen MR) is 203 cm³/mol. The van der Waals surface area contributed by atoms with Gasteiger partial charge in [0.2, 0.25) is 41.3 Å². The Bertz CT molecular complexity index is 1900. The van der Waals surface area contributed by atoms with Gasteiger partial charge in [0, 0.05) is 30.9 Å². The molecule has 2 fully saturated rings. The lowest BCUT2D eigenvalue weighted by Crippen LogP contribution is -2.56. The largest absolute Gasteiger partial charge is 0.480 e. The number of aliphatic hydroxyl groups is 1. The number of aromatic nitrogens is 2. The van der Waals surface area contributed by atoms with Crippen molar-refractivity contribution in [2.24, 2.45) is 22.2 Å². The highest BCUT2D eigenvalue weighted by molar-refractivity contribution is 8.76.